The number of methoxy groups -OCH3 is 1. The van der Waals surface area contributed by atoms with Crippen LogP contribution in [0.1, 0.15) is 38.4 Å². The van der Waals surface area contributed by atoms with E-state index in [9.17, 15) is 0 Å². The molecule has 0 aromatic carbocycles. The van der Waals surface area contributed by atoms with Crippen LogP contribution in [0.25, 0.3) is 0 Å². The molecule has 7 heteroatoms. The fourth-order valence-electron chi connectivity index (χ4n) is 2.74. The minimum atomic E-state index is 0.372. The Bertz CT molecular complexity index is 480. The van der Waals surface area contributed by atoms with Gasteiger partial charge in [0.1, 0.15) is 18.7 Å². The first-order chi connectivity index (χ1) is 10.7. The Kier molecular flexibility index (Phi) is 6.18. The fourth-order valence-corrected chi connectivity index (χ4v) is 2.74. The molecule has 0 saturated heterocycles. The zero-order chi connectivity index (χ0) is 15.8. The second-order valence-electron chi connectivity index (χ2n) is 5.94. The van der Waals surface area contributed by atoms with E-state index < -0.39 is 0 Å². The summed E-state index contributed by atoms with van der Waals surface area (Å²) in [5, 5.41) is 10.8. The van der Waals surface area contributed by atoms with Gasteiger partial charge in [-0.2, -0.15) is 5.10 Å². The van der Waals surface area contributed by atoms with Gasteiger partial charge >= 0.3 is 0 Å². The number of aryl methyl sites for hydroxylation is 1. The van der Waals surface area contributed by atoms with Gasteiger partial charge in [-0.15, -0.1) is 0 Å². The van der Waals surface area contributed by atoms with Crippen molar-refractivity contribution in [3.63, 3.8) is 0 Å². The summed E-state index contributed by atoms with van der Waals surface area (Å²) in [6, 6.07) is 0. The Morgan fingerprint density at radius 1 is 1.45 bits per heavy atom. The van der Waals surface area contributed by atoms with E-state index in [0.29, 0.717) is 12.0 Å². The lowest BCUT2D eigenvalue weighted by atomic mass is 9.67. The maximum Gasteiger partial charge on any atom is 0.191 e. The van der Waals surface area contributed by atoms with Crippen LogP contribution in [0.2, 0.25) is 0 Å². The molecular formula is C15H28N6O. The molecule has 1 aromatic rings. The zero-order valence-electron chi connectivity index (χ0n) is 13.9. The second-order valence-corrected chi connectivity index (χ2v) is 5.94. The predicted molar refractivity (Wildman–Crippen MR) is 86.6 cm³/mol. The molecule has 0 radical (unpaired) electrons. The van der Waals surface area contributed by atoms with Gasteiger partial charge in [0.25, 0.3) is 0 Å². The maximum atomic E-state index is 5.25. The Balaban J connectivity index is 1.89. The summed E-state index contributed by atoms with van der Waals surface area (Å²) in [6.45, 7) is 5.21. The molecule has 1 saturated carbocycles. The molecule has 0 amide bonds. The van der Waals surface area contributed by atoms with Crippen molar-refractivity contribution in [3.05, 3.63) is 12.2 Å². The number of guanidine groups is 1. The number of hydrogen-bond donors (Lipinski definition) is 2. The quantitative estimate of drug-likeness (QED) is 0.555. The molecule has 2 N–H and O–H groups in total. The van der Waals surface area contributed by atoms with E-state index >= 15 is 0 Å². The predicted octanol–water partition coefficient (Wildman–Crippen LogP) is 1.08. The Morgan fingerprint density at radius 2 is 2.27 bits per heavy atom. The molecule has 0 atom stereocenters. The monoisotopic (exact) mass is 308 g/mol. The highest BCUT2D eigenvalue weighted by Crippen LogP contribution is 2.43. The first kappa shape index (κ1) is 16.7. The van der Waals surface area contributed by atoms with Crippen molar-refractivity contribution in [3.8, 4) is 0 Å². The van der Waals surface area contributed by atoms with Gasteiger partial charge < -0.3 is 15.4 Å². The average molecular weight is 308 g/mol. The molecule has 1 fully saturated rings. The van der Waals surface area contributed by atoms with Crippen LogP contribution in [0.3, 0.4) is 0 Å². The van der Waals surface area contributed by atoms with E-state index in [0.717, 1.165) is 37.9 Å². The first-order valence-corrected chi connectivity index (χ1v) is 8.03. The molecule has 0 unspecified atom stereocenters. The van der Waals surface area contributed by atoms with Gasteiger partial charge in [0.2, 0.25) is 0 Å². The minimum Gasteiger partial charge on any atom is -0.385 e. The number of nitrogens with zero attached hydrogens (tertiary/aromatic N) is 4. The third-order valence-corrected chi connectivity index (χ3v) is 4.41. The molecule has 124 valence electrons. The smallest absolute Gasteiger partial charge is 0.191 e. The number of ether oxygens (including phenoxy) is 1. The van der Waals surface area contributed by atoms with E-state index in [-0.39, 0.29) is 0 Å². The van der Waals surface area contributed by atoms with Gasteiger partial charge in [0.05, 0.1) is 0 Å². The average Bonchev–Trinajstić information content (AvgIpc) is 2.88. The summed E-state index contributed by atoms with van der Waals surface area (Å²) in [4.78, 5) is 8.80. The lowest BCUT2D eigenvalue weighted by molar-refractivity contribution is 0.0732. The Morgan fingerprint density at radius 3 is 2.82 bits per heavy atom. The van der Waals surface area contributed by atoms with Crippen LogP contribution in [0.15, 0.2) is 11.3 Å². The number of nitrogens with one attached hydrogen (secondary N) is 2. The van der Waals surface area contributed by atoms with Crippen molar-refractivity contribution in [1.29, 1.82) is 0 Å². The molecule has 2 rings (SSSR count). The van der Waals surface area contributed by atoms with Crippen molar-refractivity contribution < 1.29 is 4.74 Å². The lowest BCUT2D eigenvalue weighted by Crippen LogP contribution is -2.47. The van der Waals surface area contributed by atoms with Crippen LogP contribution in [0, 0.1) is 5.41 Å². The molecule has 7 nitrogen and oxygen atoms in total. The molecule has 22 heavy (non-hydrogen) atoms. The number of hydrogen-bond acceptors (Lipinski definition) is 4. The van der Waals surface area contributed by atoms with Crippen molar-refractivity contribution in [2.75, 3.05) is 26.8 Å². The highest BCUT2D eigenvalue weighted by molar-refractivity contribution is 5.79. The summed E-state index contributed by atoms with van der Waals surface area (Å²) in [7, 11) is 3.65. The third kappa shape index (κ3) is 4.43. The highest BCUT2D eigenvalue weighted by Gasteiger charge is 2.36. The van der Waals surface area contributed by atoms with E-state index in [1.807, 2.05) is 7.05 Å². The molecule has 1 aliphatic carbocycles. The normalized spacial score (nSPS) is 17.1. The first-order valence-electron chi connectivity index (χ1n) is 8.03. The van der Waals surface area contributed by atoms with Crippen LogP contribution in [0.5, 0.6) is 0 Å². The number of rotatable bonds is 8. The highest BCUT2D eigenvalue weighted by atomic mass is 16.5. The van der Waals surface area contributed by atoms with Gasteiger partial charge in [-0.3, -0.25) is 4.68 Å². The van der Waals surface area contributed by atoms with Crippen LogP contribution in [-0.2, 0) is 18.3 Å². The van der Waals surface area contributed by atoms with Gasteiger partial charge in [-0.1, -0.05) is 6.42 Å². The van der Waals surface area contributed by atoms with Crippen LogP contribution >= 0.6 is 0 Å². The molecule has 1 aliphatic rings. The van der Waals surface area contributed by atoms with Crippen LogP contribution in [-0.4, -0.2) is 47.5 Å². The fraction of sp³-hybridized carbons (Fsp3) is 0.800. The number of aromatic nitrogens is 3. The molecule has 0 bridgehead atoms. The molecule has 0 aliphatic heterocycles. The molecule has 1 aromatic heterocycles. The van der Waals surface area contributed by atoms with Gasteiger partial charge in [-0.25, -0.2) is 9.98 Å². The zero-order valence-corrected chi connectivity index (χ0v) is 13.9. The van der Waals surface area contributed by atoms with E-state index in [2.05, 4.69) is 32.6 Å². The van der Waals surface area contributed by atoms with Crippen molar-refractivity contribution in [1.82, 2.24) is 25.4 Å². The van der Waals surface area contributed by atoms with Crippen LogP contribution in [0.4, 0.5) is 0 Å². The second kappa shape index (κ2) is 8.12. The van der Waals surface area contributed by atoms with Crippen molar-refractivity contribution in [2.24, 2.45) is 17.5 Å². The summed E-state index contributed by atoms with van der Waals surface area (Å²) < 4.78 is 6.99. The Labute approximate surface area is 132 Å². The summed E-state index contributed by atoms with van der Waals surface area (Å²) in [6.07, 6.45) is 6.52. The van der Waals surface area contributed by atoms with Crippen LogP contribution < -0.4 is 10.6 Å². The topological polar surface area (TPSA) is 76.4 Å². The van der Waals surface area contributed by atoms with Crippen molar-refractivity contribution in [2.45, 2.75) is 39.2 Å². The molecular weight excluding hydrogens is 280 g/mol. The van der Waals surface area contributed by atoms with E-state index in [4.69, 9.17) is 4.74 Å². The van der Waals surface area contributed by atoms with E-state index in [1.54, 1.807) is 18.1 Å². The summed E-state index contributed by atoms with van der Waals surface area (Å²) in [5.74, 6) is 1.70. The van der Waals surface area contributed by atoms with Gasteiger partial charge in [0.15, 0.2) is 5.96 Å². The lowest BCUT2D eigenvalue weighted by Gasteiger charge is -2.42. The SMILES string of the molecule is CCNC(=NCc1ncnn1C)NCC1(CCOC)CCC1. The van der Waals surface area contributed by atoms with Crippen molar-refractivity contribution >= 4 is 5.96 Å². The van der Waals surface area contributed by atoms with Gasteiger partial charge in [-0.05, 0) is 31.6 Å². The molecule has 1 heterocycles. The van der Waals surface area contributed by atoms with E-state index in [1.165, 1.54) is 19.3 Å². The largest absolute Gasteiger partial charge is 0.385 e. The summed E-state index contributed by atoms with van der Waals surface area (Å²) >= 11 is 0. The standard InChI is InChI=1S/C15H28N6O/c1-4-16-14(17-10-13-19-12-20-21(13)2)18-11-15(6-5-7-15)8-9-22-3/h12H,4-11H2,1-3H3,(H2,16,17,18). The third-order valence-electron chi connectivity index (χ3n) is 4.41. The molecule has 0 spiro atoms. The Hall–Kier alpha value is -1.63. The number of aliphatic imine (C=N–C) groups is 1. The minimum absolute atomic E-state index is 0.372. The summed E-state index contributed by atoms with van der Waals surface area (Å²) in [5.41, 5.74) is 0.372. The maximum absolute atomic E-state index is 5.25. The van der Waals surface area contributed by atoms with Gasteiger partial charge in [0, 0.05) is 33.9 Å².